The third-order valence-electron chi connectivity index (χ3n) is 10.1. The summed E-state index contributed by atoms with van der Waals surface area (Å²) >= 11 is 0. The first kappa shape index (κ1) is 30.2. The molecule has 11 rings (SSSR count). The van der Waals surface area contributed by atoms with Gasteiger partial charge in [0, 0.05) is 38.4 Å². The average Bonchev–Trinajstić information content (AvgIpc) is 3.86. The highest BCUT2D eigenvalue weighted by Gasteiger charge is 2.19. The molecule has 0 aliphatic carbocycles. The van der Waals surface area contributed by atoms with Gasteiger partial charge >= 0.3 is 0 Å². The van der Waals surface area contributed by atoms with Crippen LogP contribution in [0.2, 0.25) is 0 Å². The molecule has 6 heteroatoms. The molecule has 0 saturated carbocycles. The van der Waals surface area contributed by atoms with E-state index in [1.54, 1.807) is 0 Å². The molecule has 0 spiro atoms. The fraction of sp³-hybridized carbons (Fsp3) is 0. The van der Waals surface area contributed by atoms with Crippen molar-refractivity contribution in [1.82, 2.24) is 19.9 Å². The zero-order chi connectivity index (χ0) is 35.6. The highest BCUT2D eigenvalue weighted by atomic mass is 16.3. The fourth-order valence-electron chi connectivity index (χ4n) is 7.56. The van der Waals surface area contributed by atoms with E-state index in [1.165, 1.54) is 0 Å². The molecule has 0 amide bonds. The molecule has 0 fully saturated rings. The zero-order valence-electron chi connectivity index (χ0n) is 28.8. The van der Waals surface area contributed by atoms with Gasteiger partial charge in [0.05, 0.1) is 0 Å². The number of furan rings is 1. The Balaban J connectivity index is 1.04. The van der Waals surface area contributed by atoms with Crippen molar-refractivity contribution >= 4 is 54.6 Å². The van der Waals surface area contributed by atoms with Crippen LogP contribution in [0.1, 0.15) is 0 Å². The van der Waals surface area contributed by atoms with Crippen molar-refractivity contribution in [3.63, 3.8) is 0 Å². The Hall–Kier alpha value is -7.44. The summed E-state index contributed by atoms with van der Waals surface area (Å²) in [7, 11) is 0. The number of fused-ring (bicyclic) bond motifs is 7. The monoisotopic (exact) mass is 692 g/mol. The summed E-state index contributed by atoms with van der Waals surface area (Å²) in [6.45, 7) is 0. The van der Waals surface area contributed by atoms with Crippen molar-refractivity contribution < 1.29 is 8.83 Å². The van der Waals surface area contributed by atoms with Gasteiger partial charge in [-0.2, -0.15) is 0 Å². The highest BCUT2D eigenvalue weighted by molar-refractivity contribution is 6.13. The first-order chi connectivity index (χ1) is 26.7. The average molecular weight is 693 g/mol. The van der Waals surface area contributed by atoms with Gasteiger partial charge in [0.2, 0.25) is 5.89 Å². The Morgan fingerprint density at radius 2 is 0.963 bits per heavy atom. The molecule has 0 bridgehead atoms. The summed E-state index contributed by atoms with van der Waals surface area (Å²) in [6, 6.07) is 57.7. The maximum atomic E-state index is 6.26. The van der Waals surface area contributed by atoms with Crippen LogP contribution in [-0.2, 0) is 0 Å². The normalized spacial score (nSPS) is 11.7. The highest BCUT2D eigenvalue weighted by Crippen LogP contribution is 2.39. The topological polar surface area (TPSA) is 77.8 Å². The maximum Gasteiger partial charge on any atom is 0.227 e. The summed E-state index contributed by atoms with van der Waals surface area (Å²) in [4.78, 5) is 20.2. The second-order valence-corrected chi connectivity index (χ2v) is 13.4. The molecule has 0 N–H and O–H groups in total. The van der Waals surface area contributed by atoms with Crippen LogP contribution in [0.4, 0.5) is 0 Å². The van der Waals surface area contributed by atoms with Crippen LogP contribution in [-0.4, -0.2) is 19.9 Å². The molecule has 0 aliphatic heterocycles. The molecule has 3 aromatic heterocycles. The van der Waals surface area contributed by atoms with E-state index in [9.17, 15) is 0 Å². The van der Waals surface area contributed by atoms with Crippen LogP contribution in [0.15, 0.2) is 179 Å². The lowest BCUT2D eigenvalue weighted by Crippen LogP contribution is -2.00. The molecule has 8 aromatic carbocycles. The van der Waals surface area contributed by atoms with Crippen molar-refractivity contribution in [1.29, 1.82) is 0 Å². The van der Waals surface area contributed by atoms with E-state index in [4.69, 9.17) is 28.8 Å². The smallest absolute Gasteiger partial charge is 0.227 e. The summed E-state index contributed by atoms with van der Waals surface area (Å²) in [6.07, 6.45) is 0. The fourth-order valence-corrected chi connectivity index (χ4v) is 7.56. The van der Waals surface area contributed by atoms with Crippen molar-refractivity contribution in [3.05, 3.63) is 170 Å². The van der Waals surface area contributed by atoms with Crippen molar-refractivity contribution in [2.24, 2.45) is 0 Å². The molecule has 0 radical (unpaired) electrons. The minimum absolute atomic E-state index is 0.594. The number of aromatic nitrogens is 4. The van der Waals surface area contributed by atoms with E-state index in [2.05, 4.69) is 72.8 Å². The number of para-hydroxylation sites is 1. The van der Waals surface area contributed by atoms with E-state index in [-0.39, 0.29) is 0 Å². The summed E-state index contributed by atoms with van der Waals surface area (Å²) in [5.74, 6) is 2.43. The number of rotatable bonds is 5. The van der Waals surface area contributed by atoms with Gasteiger partial charge in [-0.05, 0) is 69.8 Å². The minimum Gasteiger partial charge on any atom is -0.456 e. The number of hydrogen-bond donors (Lipinski definition) is 0. The number of oxazole rings is 1. The number of hydrogen-bond acceptors (Lipinski definition) is 6. The van der Waals surface area contributed by atoms with Crippen molar-refractivity contribution in [3.8, 4) is 56.7 Å². The van der Waals surface area contributed by atoms with E-state index < -0.39 is 0 Å². The Morgan fingerprint density at radius 1 is 0.333 bits per heavy atom. The molecule has 252 valence electrons. The van der Waals surface area contributed by atoms with Gasteiger partial charge in [0.15, 0.2) is 23.1 Å². The Morgan fingerprint density at radius 3 is 1.80 bits per heavy atom. The molecule has 0 unspecified atom stereocenters. The predicted molar refractivity (Wildman–Crippen MR) is 217 cm³/mol. The first-order valence-electron chi connectivity index (χ1n) is 17.9. The lowest BCUT2D eigenvalue weighted by molar-refractivity contribution is 0.620. The lowest BCUT2D eigenvalue weighted by Gasteiger charge is -2.11. The van der Waals surface area contributed by atoms with Gasteiger partial charge in [0.25, 0.3) is 0 Å². The van der Waals surface area contributed by atoms with Gasteiger partial charge in [-0.3, -0.25) is 0 Å². The molecule has 0 saturated heterocycles. The van der Waals surface area contributed by atoms with Gasteiger partial charge in [0.1, 0.15) is 16.7 Å². The quantitative estimate of drug-likeness (QED) is 0.179. The van der Waals surface area contributed by atoms with Gasteiger partial charge < -0.3 is 8.83 Å². The first-order valence-corrected chi connectivity index (χ1v) is 17.9. The summed E-state index contributed by atoms with van der Waals surface area (Å²) < 4.78 is 12.5. The Labute approximate surface area is 309 Å². The van der Waals surface area contributed by atoms with Crippen LogP contribution in [0, 0.1) is 0 Å². The number of nitrogens with zero attached hydrogens (tertiary/aromatic N) is 4. The van der Waals surface area contributed by atoms with Gasteiger partial charge in [-0.1, -0.05) is 127 Å². The Bertz CT molecular complexity index is 3220. The van der Waals surface area contributed by atoms with Crippen LogP contribution in [0.25, 0.3) is 111 Å². The molecule has 0 aliphatic rings. The van der Waals surface area contributed by atoms with Crippen molar-refractivity contribution in [2.45, 2.75) is 0 Å². The molecule has 6 nitrogen and oxygen atoms in total. The van der Waals surface area contributed by atoms with Crippen molar-refractivity contribution in [2.75, 3.05) is 0 Å². The van der Waals surface area contributed by atoms with E-state index >= 15 is 0 Å². The molecule has 54 heavy (non-hydrogen) atoms. The maximum absolute atomic E-state index is 6.26. The zero-order valence-corrected chi connectivity index (χ0v) is 28.8. The lowest BCUT2D eigenvalue weighted by atomic mass is 9.95. The third-order valence-corrected chi connectivity index (χ3v) is 10.1. The number of benzene rings is 8. The van der Waals surface area contributed by atoms with Crippen LogP contribution >= 0.6 is 0 Å². The second-order valence-electron chi connectivity index (χ2n) is 13.4. The van der Waals surface area contributed by atoms with E-state index in [1.807, 2.05) is 97.1 Å². The molecule has 0 atom stereocenters. The minimum atomic E-state index is 0.594. The van der Waals surface area contributed by atoms with Gasteiger partial charge in [-0.15, -0.1) is 0 Å². The second kappa shape index (κ2) is 12.1. The SMILES string of the molecule is c1ccc(-c2nc(-c3ccc4cc(-c5cccc6ccc7oc(-c8ccccc8)nc7c56)ccc4c3)nc(-c3cccc4oc5ccccc5c34)n2)cc1. The van der Waals surface area contributed by atoms with E-state index in [0.717, 1.165) is 88.0 Å². The van der Waals surface area contributed by atoms with Crippen LogP contribution < -0.4 is 0 Å². The standard InChI is InChI=1S/C48H28N4O2/c1-3-11-30(12-4-1)45-50-46(52-47(51-45)38-18-10-20-40-43(38)37-16-7-8-19-39(37)53-40)35-24-22-32-27-34(23-21-33(32)28-35)36-17-9-15-29-25-26-41-44(42(29)36)49-48(54-41)31-13-5-2-6-14-31/h1-28H. The predicted octanol–water partition coefficient (Wildman–Crippen LogP) is 12.6. The molecular weight excluding hydrogens is 665 g/mol. The summed E-state index contributed by atoms with van der Waals surface area (Å²) in [5.41, 5.74) is 9.14. The third kappa shape index (κ3) is 4.96. The van der Waals surface area contributed by atoms with Crippen LogP contribution in [0.3, 0.4) is 0 Å². The Kier molecular flexibility index (Phi) is 6.75. The van der Waals surface area contributed by atoms with Gasteiger partial charge in [-0.25, -0.2) is 19.9 Å². The van der Waals surface area contributed by atoms with Crippen LogP contribution in [0.5, 0.6) is 0 Å². The largest absolute Gasteiger partial charge is 0.456 e. The molecule has 3 heterocycles. The summed E-state index contributed by atoms with van der Waals surface area (Å²) in [5, 5.41) is 6.40. The molecular formula is C48H28N4O2. The molecule has 11 aromatic rings. The van der Waals surface area contributed by atoms with E-state index in [0.29, 0.717) is 23.4 Å².